The first kappa shape index (κ1) is 13.5. The lowest BCUT2D eigenvalue weighted by Gasteiger charge is -2.14. The zero-order chi connectivity index (χ0) is 13.7. The van der Waals surface area contributed by atoms with Crippen LogP contribution in [0.3, 0.4) is 0 Å². The monoisotopic (exact) mass is 275 g/mol. The van der Waals surface area contributed by atoms with Crippen molar-refractivity contribution >= 4 is 23.1 Å². The lowest BCUT2D eigenvalue weighted by Crippen LogP contribution is -2.34. The van der Waals surface area contributed by atoms with Crippen molar-refractivity contribution in [3.63, 3.8) is 0 Å². The molecule has 4 nitrogen and oxygen atoms in total. The molecule has 2 rings (SSSR count). The van der Waals surface area contributed by atoms with Crippen LogP contribution in [0.1, 0.15) is 22.2 Å². The number of thiophene rings is 1. The van der Waals surface area contributed by atoms with E-state index in [-0.39, 0.29) is 11.9 Å². The molecule has 2 N–H and O–H groups in total. The highest BCUT2D eigenvalue weighted by atomic mass is 32.1. The number of anilines is 1. The average Bonchev–Trinajstić information content (AvgIpc) is 2.91. The number of hydrogen-bond acceptors (Lipinski definition) is 4. The fraction of sp³-hybridized carbons (Fsp3) is 0.286. The van der Waals surface area contributed by atoms with E-state index in [1.54, 1.807) is 36.7 Å². The summed E-state index contributed by atoms with van der Waals surface area (Å²) in [4.78, 5) is 17.6. The third kappa shape index (κ3) is 3.54. The molecule has 0 aliphatic heterocycles. The van der Waals surface area contributed by atoms with Crippen LogP contribution in [-0.4, -0.2) is 24.0 Å². The second-order valence-electron chi connectivity index (χ2n) is 4.31. The molecule has 2 aromatic heterocycles. The van der Waals surface area contributed by atoms with Crippen LogP contribution in [0, 0.1) is 0 Å². The Bertz CT molecular complexity index is 539. The molecule has 1 unspecified atom stereocenters. The molecule has 2 heterocycles. The van der Waals surface area contributed by atoms with Crippen molar-refractivity contribution in [2.75, 3.05) is 12.4 Å². The maximum Gasteiger partial charge on any atom is 0.255 e. The molecule has 0 bridgehead atoms. The molecule has 1 atom stereocenters. The number of carbonyl (C=O) groups excluding carboxylic acids is 1. The lowest BCUT2D eigenvalue weighted by atomic mass is 10.1. The Balaban J connectivity index is 2.00. The molecule has 0 aliphatic rings. The zero-order valence-electron chi connectivity index (χ0n) is 11.0. The summed E-state index contributed by atoms with van der Waals surface area (Å²) in [7, 11) is 1.76. The molecular formula is C14H17N3OS. The Morgan fingerprint density at radius 2 is 2.26 bits per heavy atom. The second-order valence-corrected chi connectivity index (χ2v) is 5.34. The third-order valence-corrected chi connectivity index (χ3v) is 3.65. The van der Waals surface area contributed by atoms with Crippen LogP contribution < -0.4 is 10.6 Å². The van der Waals surface area contributed by atoms with Gasteiger partial charge in [-0.2, -0.15) is 0 Å². The molecular weight excluding hydrogens is 258 g/mol. The van der Waals surface area contributed by atoms with Gasteiger partial charge in [0.1, 0.15) is 5.82 Å². The standard InChI is InChI=1S/C14H17N3OS/c1-10(9-11-5-4-8-19-11)17-14(18)12-6-3-7-16-13(12)15-2/h3-8,10H,9H2,1-2H3,(H,15,16)(H,17,18). The van der Waals surface area contributed by atoms with E-state index in [0.717, 1.165) is 6.42 Å². The van der Waals surface area contributed by atoms with Gasteiger partial charge in [-0.1, -0.05) is 6.07 Å². The summed E-state index contributed by atoms with van der Waals surface area (Å²) >= 11 is 1.71. The van der Waals surface area contributed by atoms with Crippen molar-refractivity contribution in [3.8, 4) is 0 Å². The van der Waals surface area contributed by atoms with Gasteiger partial charge < -0.3 is 10.6 Å². The SMILES string of the molecule is CNc1ncccc1C(=O)NC(C)Cc1cccs1. The Morgan fingerprint density at radius 3 is 2.95 bits per heavy atom. The second kappa shape index (κ2) is 6.33. The number of pyridine rings is 1. The van der Waals surface area contributed by atoms with Crippen molar-refractivity contribution in [1.82, 2.24) is 10.3 Å². The quantitative estimate of drug-likeness (QED) is 0.881. The fourth-order valence-corrected chi connectivity index (χ4v) is 2.71. The Morgan fingerprint density at radius 1 is 1.42 bits per heavy atom. The smallest absolute Gasteiger partial charge is 0.255 e. The normalized spacial score (nSPS) is 11.9. The van der Waals surface area contributed by atoms with E-state index >= 15 is 0 Å². The van der Waals surface area contributed by atoms with Gasteiger partial charge in [-0.05, 0) is 30.5 Å². The van der Waals surface area contributed by atoms with Gasteiger partial charge in [0, 0.05) is 30.6 Å². The number of hydrogen-bond donors (Lipinski definition) is 2. The number of nitrogens with one attached hydrogen (secondary N) is 2. The Labute approximate surface area is 116 Å². The van der Waals surface area contributed by atoms with Crippen LogP contribution in [0.4, 0.5) is 5.82 Å². The van der Waals surface area contributed by atoms with Crippen molar-refractivity contribution in [3.05, 3.63) is 46.3 Å². The van der Waals surface area contributed by atoms with Crippen molar-refractivity contribution in [1.29, 1.82) is 0 Å². The molecule has 100 valence electrons. The van der Waals surface area contributed by atoms with E-state index in [4.69, 9.17) is 0 Å². The van der Waals surface area contributed by atoms with E-state index < -0.39 is 0 Å². The van der Waals surface area contributed by atoms with Gasteiger partial charge >= 0.3 is 0 Å². The summed E-state index contributed by atoms with van der Waals surface area (Å²) in [6.45, 7) is 2.01. The number of nitrogens with zero attached hydrogens (tertiary/aromatic N) is 1. The molecule has 1 amide bonds. The third-order valence-electron chi connectivity index (χ3n) is 2.75. The summed E-state index contributed by atoms with van der Waals surface area (Å²) < 4.78 is 0. The predicted octanol–water partition coefficient (Wildman–Crippen LogP) is 2.55. The highest BCUT2D eigenvalue weighted by molar-refractivity contribution is 7.09. The first-order valence-electron chi connectivity index (χ1n) is 6.16. The van der Waals surface area contributed by atoms with Gasteiger partial charge in [-0.3, -0.25) is 4.79 Å². The van der Waals surface area contributed by atoms with E-state index in [9.17, 15) is 4.79 Å². The molecule has 0 saturated heterocycles. The van der Waals surface area contributed by atoms with Crippen LogP contribution in [-0.2, 0) is 6.42 Å². The molecule has 2 aromatic rings. The molecule has 19 heavy (non-hydrogen) atoms. The highest BCUT2D eigenvalue weighted by Gasteiger charge is 2.14. The first-order valence-corrected chi connectivity index (χ1v) is 7.04. The maximum atomic E-state index is 12.2. The number of carbonyl (C=O) groups is 1. The number of rotatable bonds is 5. The number of aromatic nitrogens is 1. The summed E-state index contributed by atoms with van der Waals surface area (Å²) in [6, 6.07) is 7.73. The first-order chi connectivity index (χ1) is 9.20. The van der Waals surface area contributed by atoms with E-state index in [1.807, 2.05) is 18.4 Å². The van der Waals surface area contributed by atoms with Crippen LogP contribution in [0.5, 0.6) is 0 Å². The molecule has 0 aromatic carbocycles. The van der Waals surface area contributed by atoms with Crippen molar-refractivity contribution in [2.24, 2.45) is 0 Å². The molecule has 0 radical (unpaired) electrons. The van der Waals surface area contributed by atoms with Gasteiger partial charge in [0.25, 0.3) is 5.91 Å². The van der Waals surface area contributed by atoms with Gasteiger partial charge in [-0.25, -0.2) is 4.98 Å². The Kier molecular flexibility index (Phi) is 4.52. The topological polar surface area (TPSA) is 54.0 Å². The van der Waals surface area contributed by atoms with E-state index in [1.165, 1.54) is 4.88 Å². The summed E-state index contributed by atoms with van der Waals surface area (Å²) in [5, 5.41) is 7.97. The minimum atomic E-state index is -0.0958. The maximum absolute atomic E-state index is 12.2. The van der Waals surface area contributed by atoms with Crippen LogP contribution >= 0.6 is 11.3 Å². The number of amides is 1. The Hall–Kier alpha value is -1.88. The van der Waals surface area contributed by atoms with E-state index in [2.05, 4.69) is 21.7 Å². The largest absolute Gasteiger partial charge is 0.372 e. The van der Waals surface area contributed by atoms with Crippen LogP contribution in [0.25, 0.3) is 0 Å². The molecule has 5 heteroatoms. The minimum Gasteiger partial charge on any atom is -0.372 e. The molecule has 0 saturated carbocycles. The van der Waals surface area contributed by atoms with Gasteiger partial charge in [0.05, 0.1) is 5.56 Å². The predicted molar refractivity (Wildman–Crippen MR) is 78.7 cm³/mol. The van der Waals surface area contributed by atoms with Gasteiger partial charge in [0.2, 0.25) is 0 Å². The summed E-state index contributed by atoms with van der Waals surface area (Å²) in [5.74, 6) is 0.504. The summed E-state index contributed by atoms with van der Waals surface area (Å²) in [6.07, 6.45) is 2.51. The fourth-order valence-electron chi connectivity index (χ4n) is 1.87. The van der Waals surface area contributed by atoms with Gasteiger partial charge in [-0.15, -0.1) is 11.3 Å². The van der Waals surface area contributed by atoms with Crippen molar-refractivity contribution < 1.29 is 4.79 Å². The average molecular weight is 275 g/mol. The molecule has 0 aliphatic carbocycles. The lowest BCUT2D eigenvalue weighted by molar-refractivity contribution is 0.0941. The van der Waals surface area contributed by atoms with Gasteiger partial charge in [0.15, 0.2) is 0 Å². The van der Waals surface area contributed by atoms with Crippen molar-refractivity contribution in [2.45, 2.75) is 19.4 Å². The minimum absolute atomic E-state index is 0.0936. The molecule has 0 fully saturated rings. The van der Waals surface area contributed by atoms with Crippen LogP contribution in [0.15, 0.2) is 35.8 Å². The molecule has 0 spiro atoms. The highest BCUT2D eigenvalue weighted by Crippen LogP contribution is 2.13. The summed E-state index contributed by atoms with van der Waals surface area (Å²) in [5.41, 5.74) is 0.572. The van der Waals surface area contributed by atoms with E-state index in [0.29, 0.717) is 11.4 Å². The zero-order valence-corrected chi connectivity index (χ0v) is 11.8. The van der Waals surface area contributed by atoms with Crippen LogP contribution in [0.2, 0.25) is 0 Å².